The number of aromatic nitrogens is 3. The molecule has 3 aromatic rings. The Morgan fingerprint density at radius 1 is 1.18 bits per heavy atom. The fraction of sp³-hybridized carbons (Fsp3) is 0.318. The van der Waals surface area contributed by atoms with Gasteiger partial charge in [-0.25, -0.2) is 9.97 Å². The number of nitrogens with zero attached hydrogens (tertiary/aromatic N) is 5. The van der Waals surface area contributed by atoms with Crippen LogP contribution in [0.3, 0.4) is 0 Å². The second-order valence-corrected chi connectivity index (χ2v) is 8.38. The van der Waals surface area contributed by atoms with Crippen LogP contribution in [0.25, 0.3) is 0 Å². The number of amides is 2. The van der Waals surface area contributed by atoms with Crippen molar-refractivity contribution in [1.82, 2.24) is 20.3 Å². The van der Waals surface area contributed by atoms with Crippen molar-refractivity contribution in [2.45, 2.75) is 20.8 Å². The van der Waals surface area contributed by atoms with Crippen molar-refractivity contribution >= 4 is 51.3 Å². The second kappa shape index (κ2) is 9.02. The third kappa shape index (κ3) is 3.95. The molecule has 0 bridgehead atoms. The van der Waals surface area contributed by atoms with Gasteiger partial charge in [-0.3, -0.25) is 9.59 Å². The summed E-state index contributed by atoms with van der Waals surface area (Å²) in [6.07, 6.45) is 1.64. The molecule has 0 saturated carbocycles. The first-order valence-corrected chi connectivity index (χ1v) is 11.3. The molecule has 2 N–H and O–H groups in total. The topological polar surface area (TPSA) is 113 Å². The Morgan fingerprint density at radius 3 is 2.61 bits per heavy atom. The highest BCUT2D eigenvalue weighted by Gasteiger charge is 2.34. The third-order valence-electron chi connectivity index (χ3n) is 5.28. The first-order chi connectivity index (χ1) is 15.9. The van der Waals surface area contributed by atoms with Gasteiger partial charge in [0.2, 0.25) is 5.95 Å². The Morgan fingerprint density at radius 2 is 1.94 bits per heavy atom. The van der Waals surface area contributed by atoms with Gasteiger partial charge in [-0.1, -0.05) is 0 Å². The molecule has 4 rings (SSSR count). The molecular weight excluding hydrogens is 442 g/mol. The normalized spacial score (nSPS) is 12.7. The van der Waals surface area contributed by atoms with Gasteiger partial charge in [-0.05, 0) is 39.0 Å². The summed E-state index contributed by atoms with van der Waals surface area (Å²) in [5.41, 5.74) is 2.14. The number of aryl methyl sites for hydroxylation is 1. The van der Waals surface area contributed by atoms with E-state index in [9.17, 15) is 9.59 Å². The minimum absolute atomic E-state index is 0.162. The predicted molar refractivity (Wildman–Crippen MR) is 129 cm³/mol. The zero-order valence-corrected chi connectivity index (χ0v) is 19.9. The van der Waals surface area contributed by atoms with Crippen molar-refractivity contribution in [3.63, 3.8) is 0 Å². The van der Waals surface area contributed by atoms with Crippen molar-refractivity contribution in [1.29, 1.82) is 0 Å². The lowest BCUT2D eigenvalue weighted by Crippen LogP contribution is -2.30. The lowest BCUT2D eigenvalue weighted by Gasteiger charge is -2.24. The van der Waals surface area contributed by atoms with E-state index in [0.29, 0.717) is 53.2 Å². The molecule has 0 aliphatic carbocycles. The standard InChI is InChI=1S/C22H25N7O3S/c1-6-28-15-11-24-22(26-14-9-8-13(19(30)23-4)10-16(14)32-5)27-18(15)29(7-2)21-17(20(28)31)25-12(3)33-21/h8-11H,6-7H2,1-5H3,(H,23,30)(H,24,26,27). The van der Waals surface area contributed by atoms with Gasteiger partial charge >= 0.3 is 0 Å². The van der Waals surface area contributed by atoms with Crippen molar-refractivity contribution in [3.05, 3.63) is 40.7 Å². The number of hydrogen-bond acceptors (Lipinski definition) is 9. The summed E-state index contributed by atoms with van der Waals surface area (Å²) in [6, 6.07) is 5.07. The zero-order valence-electron chi connectivity index (χ0n) is 19.1. The summed E-state index contributed by atoms with van der Waals surface area (Å²) < 4.78 is 5.46. The Balaban J connectivity index is 1.77. The molecule has 0 unspecified atom stereocenters. The van der Waals surface area contributed by atoms with Gasteiger partial charge in [0.05, 0.1) is 24.0 Å². The number of benzene rings is 1. The molecule has 1 aliphatic heterocycles. The summed E-state index contributed by atoms with van der Waals surface area (Å²) in [5.74, 6) is 1.07. The number of anilines is 5. The van der Waals surface area contributed by atoms with E-state index in [-0.39, 0.29) is 11.8 Å². The van der Waals surface area contributed by atoms with Gasteiger partial charge in [0.1, 0.15) is 16.4 Å². The SMILES string of the molecule is CCN1C(=O)c2nc(C)sc2N(CC)c2nc(Nc3ccc(C(=O)NC)cc3OC)ncc21. The Hall–Kier alpha value is -3.73. The van der Waals surface area contributed by atoms with Crippen LogP contribution in [0.4, 0.5) is 28.1 Å². The van der Waals surface area contributed by atoms with E-state index < -0.39 is 0 Å². The summed E-state index contributed by atoms with van der Waals surface area (Å²) in [6.45, 7) is 6.87. The van der Waals surface area contributed by atoms with E-state index in [0.717, 1.165) is 10.0 Å². The van der Waals surface area contributed by atoms with Gasteiger partial charge < -0.3 is 25.2 Å². The highest BCUT2D eigenvalue weighted by Crippen LogP contribution is 2.42. The minimum Gasteiger partial charge on any atom is -0.495 e. The van der Waals surface area contributed by atoms with E-state index >= 15 is 0 Å². The summed E-state index contributed by atoms with van der Waals surface area (Å²) in [7, 11) is 3.10. The molecule has 0 saturated heterocycles. The van der Waals surface area contributed by atoms with E-state index in [1.165, 1.54) is 18.4 Å². The molecule has 33 heavy (non-hydrogen) atoms. The molecule has 0 fully saturated rings. The average Bonchev–Trinajstić information content (AvgIpc) is 3.18. The lowest BCUT2D eigenvalue weighted by atomic mass is 10.1. The maximum atomic E-state index is 13.2. The molecule has 11 heteroatoms. The molecule has 1 aromatic carbocycles. The number of methoxy groups -OCH3 is 1. The van der Waals surface area contributed by atoms with Crippen LogP contribution in [0.5, 0.6) is 5.75 Å². The number of rotatable bonds is 6. The van der Waals surface area contributed by atoms with Crippen LogP contribution in [0, 0.1) is 6.92 Å². The van der Waals surface area contributed by atoms with Gasteiger partial charge in [-0.2, -0.15) is 4.98 Å². The first-order valence-electron chi connectivity index (χ1n) is 10.5. The number of hydrogen-bond donors (Lipinski definition) is 2. The number of ether oxygens (including phenoxy) is 1. The maximum absolute atomic E-state index is 13.2. The molecule has 2 amide bonds. The Kier molecular flexibility index (Phi) is 6.14. The Labute approximate surface area is 195 Å². The van der Waals surface area contributed by atoms with E-state index in [1.54, 1.807) is 36.3 Å². The van der Waals surface area contributed by atoms with Crippen LogP contribution in [0.1, 0.15) is 39.7 Å². The lowest BCUT2D eigenvalue weighted by molar-refractivity contribution is 0.0960. The smallest absolute Gasteiger partial charge is 0.280 e. The molecule has 1 aliphatic rings. The molecule has 3 heterocycles. The van der Waals surface area contributed by atoms with E-state index in [4.69, 9.17) is 9.72 Å². The molecule has 172 valence electrons. The van der Waals surface area contributed by atoms with Crippen molar-refractivity contribution < 1.29 is 14.3 Å². The van der Waals surface area contributed by atoms with Crippen LogP contribution in [-0.4, -0.2) is 54.0 Å². The molecule has 2 aromatic heterocycles. The van der Waals surface area contributed by atoms with Crippen LogP contribution >= 0.6 is 11.3 Å². The fourth-order valence-electron chi connectivity index (χ4n) is 3.70. The highest BCUT2D eigenvalue weighted by molar-refractivity contribution is 7.16. The number of carbonyl (C=O) groups is 2. The number of fused-ring (bicyclic) bond motifs is 2. The monoisotopic (exact) mass is 467 g/mol. The Bertz CT molecular complexity index is 1230. The van der Waals surface area contributed by atoms with Gasteiger partial charge in [0.15, 0.2) is 11.5 Å². The van der Waals surface area contributed by atoms with Gasteiger partial charge in [0, 0.05) is 25.7 Å². The second-order valence-electron chi connectivity index (χ2n) is 7.20. The van der Waals surface area contributed by atoms with Crippen molar-refractivity contribution in [2.75, 3.05) is 42.4 Å². The van der Waals surface area contributed by atoms with Gasteiger partial charge in [-0.15, -0.1) is 11.3 Å². The number of nitrogens with one attached hydrogen (secondary N) is 2. The average molecular weight is 468 g/mol. The van der Waals surface area contributed by atoms with Crippen LogP contribution in [0.2, 0.25) is 0 Å². The molecule has 10 nitrogen and oxygen atoms in total. The summed E-state index contributed by atoms with van der Waals surface area (Å²) in [4.78, 5) is 42.5. The molecule has 0 atom stereocenters. The largest absolute Gasteiger partial charge is 0.495 e. The van der Waals surface area contributed by atoms with E-state index in [2.05, 4.69) is 20.6 Å². The molecule has 0 spiro atoms. The maximum Gasteiger partial charge on any atom is 0.280 e. The number of thiazole rings is 1. The fourth-order valence-corrected chi connectivity index (χ4v) is 4.67. The van der Waals surface area contributed by atoms with Crippen molar-refractivity contribution in [2.24, 2.45) is 0 Å². The number of carbonyl (C=O) groups excluding carboxylic acids is 2. The molecule has 0 radical (unpaired) electrons. The third-order valence-corrected chi connectivity index (χ3v) is 6.27. The predicted octanol–water partition coefficient (Wildman–Crippen LogP) is 3.49. The highest BCUT2D eigenvalue weighted by atomic mass is 32.1. The van der Waals surface area contributed by atoms with Crippen molar-refractivity contribution in [3.8, 4) is 5.75 Å². The zero-order chi connectivity index (χ0) is 23.7. The van der Waals surface area contributed by atoms with Crippen LogP contribution < -0.4 is 25.2 Å². The minimum atomic E-state index is -0.209. The van der Waals surface area contributed by atoms with Crippen LogP contribution in [0.15, 0.2) is 24.4 Å². The van der Waals surface area contributed by atoms with Gasteiger partial charge in [0.25, 0.3) is 11.8 Å². The molecular formula is C22H25N7O3S. The first kappa shape index (κ1) is 22.5. The summed E-state index contributed by atoms with van der Waals surface area (Å²) >= 11 is 1.47. The quantitative estimate of drug-likeness (QED) is 0.567. The summed E-state index contributed by atoms with van der Waals surface area (Å²) in [5, 5.41) is 7.36. The van der Waals surface area contributed by atoms with E-state index in [1.807, 2.05) is 25.7 Å². The van der Waals surface area contributed by atoms with Crippen LogP contribution in [-0.2, 0) is 0 Å².